The van der Waals surface area contributed by atoms with Gasteiger partial charge in [0.25, 0.3) is 0 Å². The number of urea groups is 1. The maximum atomic E-state index is 12.4. The van der Waals surface area contributed by atoms with E-state index in [2.05, 4.69) is 5.32 Å². The molecule has 0 spiro atoms. The summed E-state index contributed by atoms with van der Waals surface area (Å²) >= 11 is 0. The quantitative estimate of drug-likeness (QED) is 0.852. The van der Waals surface area contributed by atoms with Crippen molar-refractivity contribution in [3.63, 3.8) is 0 Å². The number of carbonyl (C=O) groups is 2. The highest BCUT2D eigenvalue weighted by atomic mass is 16.5. The van der Waals surface area contributed by atoms with Crippen molar-refractivity contribution in [1.29, 1.82) is 0 Å². The van der Waals surface area contributed by atoms with Crippen molar-refractivity contribution in [2.45, 2.75) is 13.3 Å². The van der Waals surface area contributed by atoms with E-state index in [0.29, 0.717) is 41.5 Å². The molecule has 0 aromatic heterocycles. The van der Waals surface area contributed by atoms with Gasteiger partial charge in [0, 0.05) is 24.7 Å². The fourth-order valence-corrected chi connectivity index (χ4v) is 2.85. The van der Waals surface area contributed by atoms with Gasteiger partial charge >= 0.3 is 12.0 Å². The lowest BCUT2D eigenvalue weighted by atomic mass is 10.1. The number of ether oxygens (including phenoxy) is 3. The van der Waals surface area contributed by atoms with Crippen molar-refractivity contribution in [2.75, 3.05) is 39.7 Å². The third-order valence-electron chi connectivity index (χ3n) is 4.12. The fourth-order valence-electron chi connectivity index (χ4n) is 2.85. The van der Waals surface area contributed by atoms with Crippen LogP contribution in [0.2, 0.25) is 0 Å². The summed E-state index contributed by atoms with van der Waals surface area (Å²) in [6.45, 7) is 2.39. The number of hydrogen-bond acceptors (Lipinski definition) is 5. The van der Waals surface area contributed by atoms with Crippen LogP contribution in [-0.4, -0.2) is 56.4 Å². The predicted octanol–water partition coefficient (Wildman–Crippen LogP) is 1.96. The molecule has 0 saturated carbocycles. The minimum Gasteiger partial charge on any atom is -0.494 e. The first kappa shape index (κ1) is 17.7. The summed E-state index contributed by atoms with van der Waals surface area (Å²) in [6, 6.07) is 1.25. The van der Waals surface area contributed by atoms with Crippen LogP contribution in [0.4, 0.5) is 10.5 Å². The van der Waals surface area contributed by atoms with Gasteiger partial charge in [-0.25, -0.2) is 4.79 Å². The van der Waals surface area contributed by atoms with E-state index in [4.69, 9.17) is 19.3 Å². The SMILES string of the molecule is COc1cc(NC(=O)N2CCC(C(=O)O)C2)c(OC)c(C)c1OC. The molecule has 1 unspecified atom stereocenters. The van der Waals surface area contributed by atoms with E-state index in [0.717, 1.165) is 0 Å². The summed E-state index contributed by atoms with van der Waals surface area (Å²) < 4.78 is 16.0. The van der Waals surface area contributed by atoms with Crippen LogP contribution in [0.3, 0.4) is 0 Å². The van der Waals surface area contributed by atoms with Crippen molar-refractivity contribution in [2.24, 2.45) is 5.92 Å². The molecule has 132 valence electrons. The Morgan fingerprint density at radius 3 is 2.38 bits per heavy atom. The first-order valence-corrected chi connectivity index (χ1v) is 7.51. The number of aliphatic carboxylic acids is 1. The van der Waals surface area contributed by atoms with Gasteiger partial charge in [0.2, 0.25) is 0 Å². The Balaban J connectivity index is 2.24. The van der Waals surface area contributed by atoms with Crippen molar-refractivity contribution in [3.8, 4) is 17.2 Å². The molecule has 1 aromatic carbocycles. The van der Waals surface area contributed by atoms with E-state index in [9.17, 15) is 9.59 Å². The molecule has 0 bridgehead atoms. The van der Waals surface area contributed by atoms with Gasteiger partial charge in [-0.1, -0.05) is 0 Å². The van der Waals surface area contributed by atoms with E-state index in [-0.39, 0.29) is 12.6 Å². The Kier molecular flexibility index (Phi) is 5.38. The number of methoxy groups -OCH3 is 3. The number of benzene rings is 1. The average molecular weight is 338 g/mol. The summed E-state index contributed by atoms with van der Waals surface area (Å²) in [6.07, 6.45) is 0.449. The number of carbonyl (C=O) groups excluding carboxylic acids is 1. The number of amides is 2. The largest absolute Gasteiger partial charge is 0.494 e. The number of hydrogen-bond donors (Lipinski definition) is 2. The van der Waals surface area contributed by atoms with Crippen LogP contribution in [0.25, 0.3) is 0 Å². The Bertz CT molecular complexity index is 646. The number of likely N-dealkylation sites (tertiary alicyclic amines) is 1. The highest BCUT2D eigenvalue weighted by Crippen LogP contribution is 2.42. The molecule has 2 rings (SSSR count). The number of rotatable bonds is 5. The van der Waals surface area contributed by atoms with E-state index in [1.54, 1.807) is 13.0 Å². The van der Waals surface area contributed by atoms with Gasteiger partial charge in [-0.3, -0.25) is 4.79 Å². The van der Waals surface area contributed by atoms with E-state index in [1.165, 1.54) is 26.2 Å². The molecule has 2 amide bonds. The summed E-state index contributed by atoms with van der Waals surface area (Å²) in [7, 11) is 4.53. The van der Waals surface area contributed by atoms with Crippen LogP contribution in [-0.2, 0) is 4.79 Å². The molecule has 8 heteroatoms. The molecule has 1 heterocycles. The standard InChI is InChI=1S/C16H22N2O6/c1-9-13(23-3)11(7-12(22-2)14(9)24-4)17-16(21)18-6-5-10(8-18)15(19)20/h7,10H,5-6,8H2,1-4H3,(H,17,21)(H,19,20). The molecule has 0 aliphatic carbocycles. The highest BCUT2D eigenvalue weighted by molar-refractivity contribution is 5.92. The van der Waals surface area contributed by atoms with Crippen LogP contribution < -0.4 is 19.5 Å². The molecule has 1 fully saturated rings. The molecule has 2 N–H and O–H groups in total. The lowest BCUT2D eigenvalue weighted by Crippen LogP contribution is -2.34. The van der Waals surface area contributed by atoms with Crippen molar-refractivity contribution < 1.29 is 28.9 Å². The number of nitrogens with one attached hydrogen (secondary N) is 1. The van der Waals surface area contributed by atoms with Gasteiger partial charge in [0.05, 0.1) is 32.9 Å². The van der Waals surface area contributed by atoms with Crippen LogP contribution in [0.1, 0.15) is 12.0 Å². The Morgan fingerprint density at radius 1 is 1.21 bits per heavy atom. The third kappa shape index (κ3) is 3.32. The van der Waals surface area contributed by atoms with Crippen LogP contribution >= 0.6 is 0 Å². The van der Waals surface area contributed by atoms with Crippen molar-refractivity contribution in [1.82, 2.24) is 4.90 Å². The third-order valence-corrected chi connectivity index (χ3v) is 4.12. The Hall–Kier alpha value is -2.64. The number of anilines is 1. The molecule has 8 nitrogen and oxygen atoms in total. The van der Waals surface area contributed by atoms with Gasteiger partial charge in [0.1, 0.15) is 5.75 Å². The van der Waals surface area contributed by atoms with Gasteiger partial charge in [-0.2, -0.15) is 0 Å². The molecule has 1 aromatic rings. The number of carboxylic acid groups (broad SMARTS) is 1. The van der Waals surface area contributed by atoms with Gasteiger partial charge in [-0.15, -0.1) is 0 Å². The normalized spacial score (nSPS) is 16.7. The van der Waals surface area contributed by atoms with Gasteiger partial charge < -0.3 is 29.5 Å². The van der Waals surface area contributed by atoms with Crippen LogP contribution in [0.5, 0.6) is 17.2 Å². The zero-order valence-corrected chi connectivity index (χ0v) is 14.2. The van der Waals surface area contributed by atoms with Gasteiger partial charge in [0.15, 0.2) is 11.5 Å². The Labute approximate surface area is 140 Å². The fraction of sp³-hybridized carbons (Fsp3) is 0.500. The molecule has 1 saturated heterocycles. The maximum absolute atomic E-state index is 12.4. The minimum atomic E-state index is -0.884. The van der Waals surface area contributed by atoms with Crippen molar-refractivity contribution in [3.05, 3.63) is 11.6 Å². The summed E-state index contributed by atoms with van der Waals surface area (Å²) in [5.41, 5.74) is 1.14. The van der Waals surface area contributed by atoms with Gasteiger partial charge in [-0.05, 0) is 13.3 Å². The Morgan fingerprint density at radius 2 is 1.88 bits per heavy atom. The van der Waals surface area contributed by atoms with E-state index < -0.39 is 11.9 Å². The zero-order valence-electron chi connectivity index (χ0n) is 14.2. The van der Waals surface area contributed by atoms with E-state index >= 15 is 0 Å². The van der Waals surface area contributed by atoms with Crippen molar-refractivity contribution >= 4 is 17.7 Å². The summed E-state index contributed by atoms with van der Waals surface area (Å²) in [5.74, 6) is 0.0556. The molecular formula is C16H22N2O6. The lowest BCUT2D eigenvalue weighted by molar-refractivity contribution is -0.141. The first-order valence-electron chi connectivity index (χ1n) is 7.51. The molecule has 1 aliphatic rings. The van der Waals surface area contributed by atoms with Crippen LogP contribution in [0.15, 0.2) is 6.07 Å². The highest BCUT2D eigenvalue weighted by Gasteiger charge is 2.31. The topological polar surface area (TPSA) is 97.3 Å². The van der Waals surface area contributed by atoms with Crippen LogP contribution in [0, 0.1) is 12.8 Å². The summed E-state index contributed by atoms with van der Waals surface area (Å²) in [5, 5.41) is 11.8. The molecule has 24 heavy (non-hydrogen) atoms. The zero-order chi connectivity index (χ0) is 17.9. The smallest absolute Gasteiger partial charge is 0.321 e. The number of nitrogens with zero attached hydrogens (tertiary/aromatic N) is 1. The van der Waals surface area contributed by atoms with E-state index in [1.807, 2.05) is 0 Å². The summed E-state index contributed by atoms with van der Waals surface area (Å²) in [4.78, 5) is 24.9. The monoisotopic (exact) mass is 338 g/mol. The molecule has 1 atom stereocenters. The molecule has 0 radical (unpaired) electrons. The second-order valence-corrected chi connectivity index (χ2v) is 5.52. The first-order chi connectivity index (χ1) is 11.4. The molecular weight excluding hydrogens is 316 g/mol. The lowest BCUT2D eigenvalue weighted by Gasteiger charge is -2.21. The minimum absolute atomic E-state index is 0.190. The predicted molar refractivity (Wildman–Crippen MR) is 87.2 cm³/mol. The molecule has 1 aliphatic heterocycles. The number of carboxylic acids is 1. The average Bonchev–Trinajstić information content (AvgIpc) is 3.05. The second kappa shape index (κ2) is 7.29. The maximum Gasteiger partial charge on any atom is 0.321 e. The second-order valence-electron chi connectivity index (χ2n) is 5.52.